The molecule has 3 rings (SSSR count). The van der Waals surface area contributed by atoms with Crippen LogP contribution in [0.15, 0.2) is 22.7 Å². The Labute approximate surface area is 127 Å². The normalized spacial score (nSPS) is 20.1. The highest BCUT2D eigenvalue weighted by molar-refractivity contribution is 9.10. The number of carbonyl (C=O) groups is 1. The highest BCUT2D eigenvalue weighted by Crippen LogP contribution is 2.30. The lowest BCUT2D eigenvalue weighted by molar-refractivity contribution is -0.119. The van der Waals surface area contributed by atoms with Gasteiger partial charge in [-0.1, -0.05) is 15.9 Å². The molecule has 5 heteroatoms. The summed E-state index contributed by atoms with van der Waals surface area (Å²) in [5, 5.41) is 0. The minimum atomic E-state index is 0.244. The van der Waals surface area contributed by atoms with Gasteiger partial charge in [-0.25, -0.2) is 0 Å². The SMILES string of the molecule is O=C1CCc2cc(Br)ccc2N1CCN1CCOCC1. The fourth-order valence-corrected chi connectivity index (χ4v) is 3.25. The van der Waals surface area contributed by atoms with Gasteiger partial charge in [0.1, 0.15) is 0 Å². The van der Waals surface area contributed by atoms with Gasteiger partial charge in [0, 0.05) is 42.8 Å². The molecular formula is C15H19BrN2O2. The summed E-state index contributed by atoms with van der Waals surface area (Å²) in [5.74, 6) is 0.244. The maximum Gasteiger partial charge on any atom is 0.227 e. The summed E-state index contributed by atoms with van der Waals surface area (Å²) < 4.78 is 6.44. The van der Waals surface area contributed by atoms with E-state index in [1.165, 1.54) is 5.56 Å². The largest absolute Gasteiger partial charge is 0.379 e. The number of morpholine rings is 1. The van der Waals surface area contributed by atoms with E-state index in [1.54, 1.807) is 0 Å². The van der Waals surface area contributed by atoms with Gasteiger partial charge < -0.3 is 9.64 Å². The second-order valence-electron chi connectivity index (χ2n) is 5.27. The number of ether oxygens (including phenoxy) is 1. The third kappa shape index (κ3) is 3.05. The molecule has 1 aromatic rings. The van der Waals surface area contributed by atoms with E-state index in [4.69, 9.17) is 4.74 Å². The van der Waals surface area contributed by atoms with Crippen LogP contribution in [0.3, 0.4) is 0 Å². The number of rotatable bonds is 3. The predicted octanol–water partition coefficient (Wildman–Crippen LogP) is 2.06. The molecule has 0 spiro atoms. The van der Waals surface area contributed by atoms with Crippen molar-refractivity contribution in [2.45, 2.75) is 12.8 Å². The lowest BCUT2D eigenvalue weighted by Crippen LogP contribution is -2.44. The van der Waals surface area contributed by atoms with Crippen molar-refractivity contribution >= 4 is 27.5 Å². The summed E-state index contributed by atoms with van der Waals surface area (Å²) >= 11 is 3.50. The number of halogens is 1. The van der Waals surface area contributed by atoms with E-state index in [9.17, 15) is 4.79 Å². The molecule has 0 aliphatic carbocycles. The van der Waals surface area contributed by atoms with E-state index >= 15 is 0 Å². The van der Waals surface area contributed by atoms with Crippen molar-refractivity contribution in [3.63, 3.8) is 0 Å². The summed E-state index contributed by atoms with van der Waals surface area (Å²) in [6, 6.07) is 6.19. The lowest BCUT2D eigenvalue weighted by atomic mass is 10.0. The van der Waals surface area contributed by atoms with E-state index < -0.39 is 0 Å². The number of hydrogen-bond acceptors (Lipinski definition) is 3. The Kier molecular flexibility index (Phi) is 4.38. The van der Waals surface area contributed by atoms with E-state index in [0.29, 0.717) is 6.42 Å². The van der Waals surface area contributed by atoms with Crippen LogP contribution in [0.4, 0.5) is 5.69 Å². The number of anilines is 1. The van der Waals surface area contributed by atoms with Crippen molar-refractivity contribution in [1.82, 2.24) is 4.90 Å². The average Bonchev–Trinajstić information content (AvgIpc) is 2.47. The summed E-state index contributed by atoms with van der Waals surface area (Å²) in [6.45, 7) is 5.23. The van der Waals surface area contributed by atoms with Crippen LogP contribution in [0.25, 0.3) is 0 Å². The summed E-state index contributed by atoms with van der Waals surface area (Å²) in [6.07, 6.45) is 1.47. The monoisotopic (exact) mass is 338 g/mol. The molecule has 108 valence electrons. The van der Waals surface area contributed by atoms with Crippen LogP contribution in [-0.4, -0.2) is 50.2 Å². The molecule has 0 atom stereocenters. The van der Waals surface area contributed by atoms with Gasteiger partial charge in [0.15, 0.2) is 0 Å². The van der Waals surface area contributed by atoms with Crippen LogP contribution in [0.1, 0.15) is 12.0 Å². The standard InChI is InChI=1S/C15H19BrN2O2/c16-13-2-3-14-12(11-13)1-4-15(19)18(14)6-5-17-7-9-20-10-8-17/h2-3,11H,1,4-10H2. The molecule has 2 heterocycles. The first-order valence-corrected chi connectivity index (χ1v) is 7.92. The Balaban J connectivity index is 1.70. The Hall–Kier alpha value is -0.910. The minimum absolute atomic E-state index is 0.244. The van der Waals surface area contributed by atoms with Gasteiger partial charge in [-0.15, -0.1) is 0 Å². The molecule has 1 fully saturated rings. The Morgan fingerprint density at radius 1 is 1.15 bits per heavy atom. The van der Waals surface area contributed by atoms with Crippen molar-refractivity contribution in [1.29, 1.82) is 0 Å². The number of aryl methyl sites for hydroxylation is 1. The zero-order valence-electron chi connectivity index (χ0n) is 11.5. The van der Waals surface area contributed by atoms with Crippen molar-refractivity contribution in [2.24, 2.45) is 0 Å². The molecule has 1 amide bonds. The van der Waals surface area contributed by atoms with E-state index in [2.05, 4.69) is 33.0 Å². The Bertz CT molecular complexity index is 501. The van der Waals surface area contributed by atoms with Crippen molar-refractivity contribution in [3.8, 4) is 0 Å². The third-order valence-corrected chi connectivity index (χ3v) is 4.48. The lowest BCUT2D eigenvalue weighted by Gasteiger charge is -2.33. The molecule has 0 N–H and O–H groups in total. The predicted molar refractivity (Wildman–Crippen MR) is 82.1 cm³/mol. The molecule has 20 heavy (non-hydrogen) atoms. The molecule has 4 nitrogen and oxygen atoms in total. The Morgan fingerprint density at radius 2 is 1.95 bits per heavy atom. The quantitative estimate of drug-likeness (QED) is 0.845. The molecule has 0 bridgehead atoms. The summed E-state index contributed by atoms with van der Waals surface area (Å²) in [5.41, 5.74) is 2.35. The second kappa shape index (κ2) is 6.24. The number of amides is 1. The van der Waals surface area contributed by atoms with Crippen LogP contribution in [0, 0.1) is 0 Å². The molecule has 2 aliphatic rings. The van der Waals surface area contributed by atoms with Crippen LogP contribution < -0.4 is 4.90 Å². The van der Waals surface area contributed by atoms with Crippen molar-refractivity contribution in [2.75, 3.05) is 44.3 Å². The van der Waals surface area contributed by atoms with Gasteiger partial charge in [0.25, 0.3) is 0 Å². The number of hydrogen-bond donors (Lipinski definition) is 0. The summed E-state index contributed by atoms with van der Waals surface area (Å²) in [4.78, 5) is 16.5. The van der Waals surface area contributed by atoms with Gasteiger partial charge >= 0.3 is 0 Å². The number of carbonyl (C=O) groups excluding carboxylic acids is 1. The number of nitrogens with zero attached hydrogens (tertiary/aromatic N) is 2. The van der Waals surface area contributed by atoms with Crippen LogP contribution in [-0.2, 0) is 16.0 Å². The zero-order chi connectivity index (χ0) is 13.9. The topological polar surface area (TPSA) is 32.8 Å². The second-order valence-corrected chi connectivity index (χ2v) is 6.19. The van der Waals surface area contributed by atoms with Crippen LogP contribution in [0.2, 0.25) is 0 Å². The highest BCUT2D eigenvalue weighted by Gasteiger charge is 2.24. The summed E-state index contributed by atoms with van der Waals surface area (Å²) in [7, 11) is 0. The molecule has 0 aromatic heterocycles. The van der Waals surface area contributed by atoms with Crippen molar-refractivity contribution < 1.29 is 9.53 Å². The van der Waals surface area contributed by atoms with E-state index in [-0.39, 0.29) is 5.91 Å². The van der Waals surface area contributed by atoms with Gasteiger partial charge in [-0.2, -0.15) is 0 Å². The molecular weight excluding hydrogens is 320 g/mol. The fourth-order valence-electron chi connectivity index (χ4n) is 2.84. The first-order chi connectivity index (χ1) is 9.74. The number of benzene rings is 1. The van der Waals surface area contributed by atoms with Gasteiger partial charge in [-0.05, 0) is 30.2 Å². The highest BCUT2D eigenvalue weighted by atomic mass is 79.9. The molecule has 0 radical (unpaired) electrons. The zero-order valence-corrected chi connectivity index (χ0v) is 13.1. The van der Waals surface area contributed by atoms with Crippen molar-refractivity contribution in [3.05, 3.63) is 28.2 Å². The minimum Gasteiger partial charge on any atom is -0.379 e. The fraction of sp³-hybridized carbons (Fsp3) is 0.533. The molecule has 0 unspecified atom stereocenters. The molecule has 0 saturated carbocycles. The molecule has 1 aromatic carbocycles. The van der Waals surface area contributed by atoms with Crippen LogP contribution in [0.5, 0.6) is 0 Å². The first-order valence-electron chi connectivity index (χ1n) is 7.13. The van der Waals surface area contributed by atoms with E-state index in [1.807, 2.05) is 11.0 Å². The maximum absolute atomic E-state index is 12.2. The number of fused-ring (bicyclic) bond motifs is 1. The van der Waals surface area contributed by atoms with E-state index in [0.717, 1.165) is 56.0 Å². The Morgan fingerprint density at radius 3 is 2.75 bits per heavy atom. The van der Waals surface area contributed by atoms with Gasteiger partial charge in [0.2, 0.25) is 5.91 Å². The smallest absolute Gasteiger partial charge is 0.227 e. The average molecular weight is 339 g/mol. The van der Waals surface area contributed by atoms with Gasteiger partial charge in [0.05, 0.1) is 13.2 Å². The third-order valence-electron chi connectivity index (χ3n) is 3.99. The first kappa shape index (κ1) is 14.0. The van der Waals surface area contributed by atoms with Crippen LogP contribution >= 0.6 is 15.9 Å². The maximum atomic E-state index is 12.2. The molecule has 1 saturated heterocycles. The van der Waals surface area contributed by atoms with Gasteiger partial charge in [-0.3, -0.25) is 9.69 Å². The molecule has 2 aliphatic heterocycles.